The first-order valence-corrected chi connectivity index (χ1v) is 16.1. The summed E-state index contributed by atoms with van der Waals surface area (Å²) in [5.74, 6) is -0.546. The predicted octanol–water partition coefficient (Wildman–Crippen LogP) is 1.09. The summed E-state index contributed by atoms with van der Waals surface area (Å²) in [6.07, 6.45) is -0.260. The Kier molecular flexibility index (Phi) is 13.1. The fraction of sp³-hybridized carbons (Fsp3) is 0.548. The number of carbonyl (C=O) groups is 2. The predicted molar refractivity (Wildman–Crippen MR) is 164 cm³/mol. The van der Waals surface area contributed by atoms with Crippen LogP contribution in [0.1, 0.15) is 31.4 Å². The minimum Gasteiger partial charge on any atom is -0.392 e. The zero-order valence-electron chi connectivity index (χ0n) is 25.6. The minimum atomic E-state index is -3.99. The maximum Gasteiger partial charge on any atom is 0.243 e. The van der Waals surface area contributed by atoms with Crippen molar-refractivity contribution in [3.05, 3.63) is 65.7 Å². The zero-order chi connectivity index (χ0) is 31.6. The summed E-state index contributed by atoms with van der Waals surface area (Å²) in [4.78, 5) is 29.3. The van der Waals surface area contributed by atoms with Gasteiger partial charge in [0.05, 0.1) is 43.3 Å². The first-order valence-electron chi connectivity index (χ1n) is 14.6. The monoisotopic (exact) mass is 618 g/mol. The van der Waals surface area contributed by atoms with E-state index in [0.717, 1.165) is 5.56 Å². The lowest BCUT2D eigenvalue weighted by molar-refractivity contribution is -0.132. The number of aliphatic hydroxyl groups excluding tert-OH is 2. The van der Waals surface area contributed by atoms with Gasteiger partial charge in [0.15, 0.2) is 0 Å². The van der Waals surface area contributed by atoms with Crippen LogP contribution < -0.4 is 5.32 Å². The fourth-order valence-corrected chi connectivity index (χ4v) is 6.58. The molecule has 0 unspecified atom stereocenters. The van der Waals surface area contributed by atoms with E-state index in [1.165, 1.54) is 21.3 Å². The highest BCUT2D eigenvalue weighted by atomic mass is 32.2. The molecule has 0 radical (unpaired) electrons. The van der Waals surface area contributed by atoms with E-state index >= 15 is 0 Å². The second-order valence-electron chi connectivity index (χ2n) is 11.7. The Morgan fingerprint density at radius 3 is 2.23 bits per heavy atom. The molecule has 0 aliphatic carbocycles. The van der Waals surface area contributed by atoms with Crippen molar-refractivity contribution >= 4 is 21.8 Å². The van der Waals surface area contributed by atoms with Crippen LogP contribution in [0.4, 0.5) is 0 Å². The third-order valence-electron chi connectivity index (χ3n) is 7.42. The van der Waals surface area contributed by atoms with Gasteiger partial charge in [-0.3, -0.25) is 14.5 Å². The Morgan fingerprint density at radius 1 is 1.00 bits per heavy atom. The topological polar surface area (TPSA) is 140 Å². The third-order valence-corrected chi connectivity index (χ3v) is 9.26. The Labute approximate surface area is 255 Å². The number of nitrogens with zero attached hydrogens (tertiary/aromatic N) is 3. The van der Waals surface area contributed by atoms with Crippen LogP contribution in [-0.2, 0) is 37.4 Å². The summed E-state index contributed by atoms with van der Waals surface area (Å²) in [7, 11) is -0.663. The number of hydrogen-bond donors (Lipinski definition) is 3. The third kappa shape index (κ3) is 10.4. The molecule has 2 amide bonds. The minimum absolute atomic E-state index is 0.0303. The highest BCUT2D eigenvalue weighted by Crippen LogP contribution is 2.20. The van der Waals surface area contributed by atoms with E-state index in [2.05, 4.69) is 5.32 Å². The molecular formula is C31H46N4O7S. The Morgan fingerprint density at radius 2 is 1.67 bits per heavy atom. The standard InChI is InChI=1S/C31H46N4O7S/c1-23(2)17-35(43(40,41)27-12-10-25(21-36)11-13-27)18-29(37)28(16-24-8-6-5-7-9-24)32-30(38)19-34(20-31(39)33(3)4)26-14-15-42-22-26/h5-13,23,26,28-29,36-37H,14-22H2,1-4H3,(H,32,38)/t26-,28-,29+/m0/s1. The number of sulfonamides is 1. The van der Waals surface area contributed by atoms with Crippen molar-refractivity contribution in [1.82, 2.24) is 19.4 Å². The molecule has 1 heterocycles. The molecule has 2 aromatic rings. The molecule has 0 spiro atoms. The van der Waals surface area contributed by atoms with Crippen molar-refractivity contribution in [3.63, 3.8) is 0 Å². The molecule has 3 N–H and O–H groups in total. The summed E-state index contributed by atoms with van der Waals surface area (Å²) < 4.78 is 34.1. The molecule has 0 bridgehead atoms. The Bertz CT molecular complexity index is 1270. The van der Waals surface area contributed by atoms with E-state index in [-0.39, 0.29) is 67.9 Å². The van der Waals surface area contributed by atoms with Crippen LogP contribution in [0.3, 0.4) is 0 Å². The zero-order valence-corrected chi connectivity index (χ0v) is 26.4. The average molecular weight is 619 g/mol. The van der Waals surface area contributed by atoms with E-state index in [9.17, 15) is 28.2 Å². The SMILES string of the molecule is CC(C)CN(C[C@@H](O)[C@H](Cc1ccccc1)NC(=O)CN(CC(=O)N(C)C)[C@H]1CCOC1)S(=O)(=O)c1ccc(CO)cc1. The number of rotatable bonds is 16. The van der Waals surface area contributed by atoms with Crippen molar-refractivity contribution in [2.45, 2.75) is 56.4 Å². The lowest BCUT2D eigenvalue weighted by Crippen LogP contribution is -2.54. The number of ether oxygens (including phenoxy) is 1. The number of aliphatic hydroxyl groups is 2. The molecule has 12 heteroatoms. The highest BCUT2D eigenvalue weighted by molar-refractivity contribution is 7.89. The lowest BCUT2D eigenvalue weighted by atomic mass is 10.0. The van der Waals surface area contributed by atoms with E-state index in [4.69, 9.17) is 4.74 Å². The normalized spacial score (nSPS) is 16.9. The Balaban J connectivity index is 1.83. The summed E-state index contributed by atoms with van der Waals surface area (Å²) >= 11 is 0. The van der Waals surface area contributed by atoms with Gasteiger partial charge in [-0.2, -0.15) is 4.31 Å². The highest BCUT2D eigenvalue weighted by Gasteiger charge is 2.33. The van der Waals surface area contributed by atoms with Gasteiger partial charge < -0.3 is 25.2 Å². The van der Waals surface area contributed by atoms with Crippen LogP contribution in [-0.4, -0.2) is 116 Å². The Hall–Kier alpha value is -2.87. The van der Waals surface area contributed by atoms with Crippen molar-refractivity contribution in [1.29, 1.82) is 0 Å². The number of nitrogens with one attached hydrogen (secondary N) is 1. The van der Waals surface area contributed by atoms with Crippen LogP contribution >= 0.6 is 0 Å². The largest absolute Gasteiger partial charge is 0.392 e. The lowest BCUT2D eigenvalue weighted by Gasteiger charge is -2.32. The van der Waals surface area contributed by atoms with Crippen molar-refractivity contribution in [3.8, 4) is 0 Å². The number of amides is 2. The average Bonchev–Trinajstić information content (AvgIpc) is 3.51. The van der Waals surface area contributed by atoms with Gasteiger partial charge in [-0.1, -0.05) is 56.3 Å². The van der Waals surface area contributed by atoms with Crippen LogP contribution in [0.2, 0.25) is 0 Å². The molecule has 11 nitrogen and oxygen atoms in total. The molecule has 1 saturated heterocycles. The van der Waals surface area contributed by atoms with Gasteiger partial charge in [0.1, 0.15) is 0 Å². The number of likely N-dealkylation sites (N-methyl/N-ethyl adjacent to an activating group) is 1. The molecule has 0 saturated carbocycles. The smallest absolute Gasteiger partial charge is 0.243 e. The molecular weight excluding hydrogens is 572 g/mol. The first-order chi connectivity index (χ1) is 20.4. The first kappa shape index (κ1) is 34.6. The van der Waals surface area contributed by atoms with Crippen molar-refractivity contribution in [2.75, 3.05) is 53.5 Å². The molecule has 0 aromatic heterocycles. The summed E-state index contributed by atoms with van der Waals surface area (Å²) in [6, 6.07) is 14.5. The molecule has 1 aliphatic heterocycles. The maximum absolute atomic E-state index is 13.7. The molecule has 3 rings (SSSR count). The van der Waals surface area contributed by atoms with Crippen LogP contribution in [0.25, 0.3) is 0 Å². The molecule has 3 atom stereocenters. The summed E-state index contributed by atoms with van der Waals surface area (Å²) in [5.41, 5.74) is 1.46. The van der Waals surface area contributed by atoms with Gasteiger partial charge in [0.25, 0.3) is 0 Å². The van der Waals surface area contributed by atoms with Gasteiger partial charge in [-0.15, -0.1) is 0 Å². The molecule has 1 fully saturated rings. The van der Waals surface area contributed by atoms with Crippen molar-refractivity contribution in [2.24, 2.45) is 5.92 Å². The number of carbonyl (C=O) groups excluding carboxylic acids is 2. The molecule has 43 heavy (non-hydrogen) atoms. The second kappa shape index (κ2) is 16.3. The molecule has 238 valence electrons. The van der Waals surface area contributed by atoms with Crippen LogP contribution in [0.5, 0.6) is 0 Å². The summed E-state index contributed by atoms with van der Waals surface area (Å²) in [6.45, 7) is 4.46. The van der Waals surface area contributed by atoms with Crippen LogP contribution in [0, 0.1) is 5.92 Å². The fourth-order valence-electron chi connectivity index (χ4n) is 4.96. The number of hydrogen-bond acceptors (Lipinski definition) is 8. The van der Waals surface area contributed by atoms with Crippen LogP contribution in [0.15, 0.2) is 59.5 Å². The van der Waals surface area contributed by atoms with Gasteiger partial charge in [0, 0.05) is 39.8 Å². The van der Waals surface area contributed by atoms with E-state index in [1.807, 2.05) is 44.2 Å². The van der Waals surface area contributed by atoms with Crippen molar-refractivity contribution < 1.29 is 33.0 Å². The van der Waals surface area contributed by atoms with Gasteiger partial charge >= 0.3 is 0 Å². The summed E-state index contributed by atoms with van der Waals surface area (Å²) in [5, 5.41) is 23.8. The van der Waals surface area contributed by atoms with Gasteiger partial charge in [-0.25, -0.2) is 8.42 Å². The van der Waals surface area contributed by atoms with E-state index < -0.39 is 22.2 Å². The van der Waals surface area contributed by atoms with E-state index in [1.54, 1.807) is 31.1 Å². The second-order valence-corrected chi connectivity index (χ2v) is 13.6. The quantitative estimate of drug-likeness (QED) is 0.254. The molecule has 1 aliphatic rings. The van der Waals surface area contributed by atoms with Gasteiger partial charge in [0.2, 0.25) is 21.8 Å². The van der Waals surface area contributed by atoms with Gasteiger partial charge in [-0.05, 0) is 42.0 Å². The number of benzene rings is 2. The maximum atomic E-state index is 13.7. The molecule has 2 aromatic carbocycles. The van der Waals surface area contributed by atoms with E-state index in [0.29, 0.717) is 25.2 Å².